The molecule has 2 heterocycles. The summed E-state index contributed by atoms with van der Waals surface area (Å²) in [6.45, 7) is 12.4. The summed E-state index contributed by atoms with van der Waals surface area (Å²) in [5.41, 5.74) is 3.38. The van der Waals surface area contributed by atoms with Crippen molar-refractivity contribution in [3.63, 3.8) is 0 Å². The zero-order valence-corrected chi connectivity index (χ0v) is 14.7. The Morgan fingerprint density at radius 2 is 2.09 bits per heavy atom. The fraction of sp³-hybridized carbons (Fsp3) is 0.412. The summed E-state index contributed by atoms with van der Waals surface area (Å²) in [6.07, 6.45) is 3.26. The molecule has 116 valence electrons. The van der Waals surface area contributed by atoms with Gasteiger partial charge in [0.2, 0.25) is 0 Å². The van der Waals surface area contributed by atoms with Gasteiger partial charge in [-0.15, -0.1) is 11.3 Å². The van der Waals surface area contributed by atoms with Crippen LogP contribution in [0, 0.1) is 0 Å². The van der Waals surface area contributed by atoms with Crippen LogP contribution in [0.25, 0.3) is 10.2 Å². The number of aromatic nitrogens is 2. The predicted molar refractivity (Wildman–Crippen MR) is 96.3 cm³/mol. The third-order valence-corrected chi connectivity index (χ3v) is 6.06. The van der Waals surface area contributed by atoms with Gasteiger partial charge in [0.1, 0.15) is 4.83 Å². The number of aryl methyl sites for hydroxylation is 2. The van der Waals surface area contributed by atoms with Crippen molar-refractivity contribution in [1.29, 1.82) is 0 Å². The zero-order chi connectivity index (χ0) is 15.9. The number of fused-ring (bicyclic) bond motifs is 3. The van der Waals surface area contributed by atoms with Gasteiger partial charge in [-0.25, -0.2) is 4.98 Å². The minimum atomic E-state index is 0.0941. The Labute approximate surface area is 138 Å². The molecule has 0 aromatic carbocycles. The minimum absolute atomic E-state index is 0.0941. The van der Waals surface area contributed by atoms with Crippen LogP contribution in [0.4, 0.5) is 0 Å². The predicted octanol–water partition coefficient (Wildman–Crippen LogP) is 4.19. The van der Waals surface area contributed by atoms with E-state index in [0.29, 0.717) is 6.54 Å². The fourth-order valence-electron chi connectivity index (χ4n) is 2.77. The van der Waals surface area contributed by atoms with Crippen LogP contribution in [-0.4, -0.2) is 15.3 Å². The van der Waals surface area contributed by atoms with Crippen molar-refractivity contribution in [2.75, 3.05) is 5.75 Å². The molecule has 0 radical (unpaired) electrons. The van der Waals surface area contributed by atoms with Crippen LogP contribution in [0.2, 0.25) is 0 Å². The van der Waals surface area contributed by atoms with Crippen molar-refractivity contribution < 1.29 is 0 Å². The van der Waals surface area contributed by atoms with Crippen molar-refractivity contribution in [2.24, 2.45) is 0 Å². The van der Waals surface area contributed by atoms with E-state index < -0.39 is 0 Å². The smallest absolute Gasteiger partial charge is 0.263 e. The maximum Gasteiger partial charge on any atom is 0.263 e. The Morgan fingerprint density at radius 1 is 1.32 bits per heavy atom. The number of nitrogens with zero attached hydrogens (tertiary/aromatic N) is 2. The lowest BCUT2D eigenvalue weighted by molar-refractivity contribution is 0.652. The molecule has 22 heavy (non-hydrogen) atoms. The lowest BCUT2D eigenvalue weighted by Crippen LogP contribution is -2.24. The summed E-state index contributed by atoms with van der Waals surface area (Å²) in [7, 11) is 0. The Balaban J connectivity index is 2.18. The number of thioether (sulfide) groups is 1. The van der Waals surface area contributed by atoms with E-state index in [-0.39, 0.29) is 5.56 Å². The maximum absolute atomic E-state index is 13.0. The second-order valence-electron chi connectivity index (χ2n) is 6.03. The molecule has 0 spiro atoms. The molecule has 0 bridgehead atoms. The molecule has 5 heteroatoms. The van der Waals surface area contributed by atoms with E-state index in [1.807, 2.05) is 13.8 Å². The molecular weight excluding hydrogens is 312 g/mol. The summed E-state index contributed by atoms with van der Waals surface area (Å²) in [6, 6.07) is 0. The molecule has 3 nitrogen and oxygen atoms in total. The van der Waals surface area contributed by atoms with Crippen LogP contribution in [0.5, 0.6) is 0 Å². The highest BCUT2D eigenvalue weighted by atomic mass is 32.2. The molecule has 0 saturated carbocycles. The van der Waals surface area contributed by atoms with Gasteiger partial charge in [-0.3, -0.25) is 9.36 Å². The van der Waals surface area contributed by atoms with Crippen LogP contribution in [-0.2, 0) is 19.4 Å². The first-order chi connectivity index (χ1) is 10.5. The third-order valence-electron chi connectivity index (χ3n) is 3.67. The van der Waals surface area contributed by atoms with Gasteiger partial charge in [-0.05, 0) is 38.7 Å². The lowest BCUT2D eigenvalue weighted by atomic mass is 10.2. The van der Waals surface area contributed by atoms with E-state index in [2.05, 4.69) is 13.2 Å². The molecule has 0 amide bonds. The summed E-state index contributed by atoms with van der Waals surface area (Å²) >= 11 is 3.28. The van der Waals surface area contributed by atoms with Gasteiger partial charge in [0.15, 0.2) is 5.16 Å². The topological polar surface area (TPSA) is 34.9 Å². The van der Waals surface area contributed by atoms with Crippen molar-refractivity contribution in [3.8, 4) is 0 Å². The first kappa shape index (κ1) is 15.6. The maximum atomic E-state index is 13.0. The van der Waals surface area contributed by atoms with E-state index in [0.717, 1.165) is 51.5 Å². The first-order valence-electron chi connectivity index (χ1n) is 7.44. The third kappa shape index (κ3) is 2.79. The molecule has 0 N–H and O–H groups in total. The summed E-state index contributed by atoms with van der Waals surface area (Å²) < 4.78 is 1.78. The molecule has 3 rings (SSSR count). The first-order valence-corrected chi connectivity index (χ1v) is 9.24. The van der Waals surface area contributed by atoms with Crippen molar-refractivity contribution in [3.05, 3.63) is 45.1 Å². The Hall–Kier alpha value is -1.33. The molecule has 0 saturated heterocycles. The number of thiophene rings is 1. The minimum Gasteiger partial charge on any atom is -0.283 e. The van der Waals surface area contributed by atoms with Crippen molar-refractivity contribution in [2.45, 2.75) is 44.8 Å². The molecule has 0 atom stereocenters. The Bertz CT molecular complexity index is 829. The quantitative estimate of drug-likeness (QED) is 0.468. The second-order valence-corrected chi connectivity index (χ2v) is 8.05. The van der Waals surface area contributed by atoms with E-state index in [1.54, 1.807) is 27.7 Å². The average Bonchev–Trinajstić information content (AvgIpc) is 2.99. The molecule has 0 unspecified atom stereocenters. The molecular formula is C17H20N2OS2. The van der Waals surface area contributed by atoms with Crippen LogP contribution in [0.15, 0.2) is 34.3 Å². The highest BCUT2D eigenvalue weighted by molar-refractivity contribution is 7.99. The largest absolute Gasteiger partial charge is 0.283 e. The molecule has 2 aromatic rings. The number of rotatable bonds is 5. The lowest BCUT2D eigenvalue weighted by Gasteiger charge is -2.12. The van der Waals surface area contributed by atoms with E-state index in [9.17, 15) is 4.79 Å². The van der Waals surface area contributed by atoms with Crippen LogP contribution in [0.1, 0.15) is 30.7 Å². The van der Waals surface area contributed by atoms with Gasteiger partial charge in [0.25, 0.3) is 5.56 Å². The van der Waals surface area contributed by atoms with E-state index in [1.165, 1.54) is 10.4 Å². The number of allylic oxidation sites excluding steroid dienone is 1. The van der Waals surface area contributed by atoms with Gasteiger partial charge in [0.05, 0.1) is 5.39 Å². The number of hydrogen-bond acceptors (Lipinski definition) is 4. The molecule has 1 aliphatic rings. The average molecular weight is 332 g/mol. The normalized spacial score (nSPS) is 13.5. The SMILES string of the molecule is C=C(C)CSc1nc2sc3c(c2c(=O)n1CC(=C)C)CCC3. The second kappa shape index (κ2) is 6.05. The summed E-state index contributed by atoms with van der Waals surface area (Å²) in [5, 5.41) is 1.63. The van der Waals surface area contributed by atoms with Crippen molar-refractivity contribution >= 4 is 33.3 Å². The standard InChI is InChI=1S/C17H20N2OS2/c1-10(2)8-19-16(20)14-12-6-5-7-13(12)22-15(14)18-17(19)21-9-11(3)4/h1,3,5-9H2,2,4H3. The molecule has 0 fully saturated rings. The highest BCUT2D eigenvalue weighted by Crippen LogP contribution is 2.35. The van der Waals surface area contributed by atoms with E-state index in [4.69, 9.17) is 4.98 Å². The number of hydrogen-bond donors (Lipinski definition) is 0. The highest BCUT2D eigenvalue weighted by Gasteiger charge is 2.23. The van der Waals surface area contributed by atoms with Crippen LogP contribution in [0.3, 0.4) is 0 Å². The van der Waals surface area contributed by atoms with Crippen molar-refractivity contribution in [1.82, 2.24) is 9.55 Å². The van der Waals surface area contributed by atoms with Gasteiger partial charge in [0, 0.05) is 17.2 Å². The summed E-state index contributed by atoms with van der Waals surface area (Å²) in [5.74, 6) is 0.777. The molecule has 0 aliphatic heterocycles. The molecule has 1 aliphatic carbocycles. The Kier molecular flexibility index (Phi) is 4.28. The zero-order valence-electron chi connectivity index (χ0n) is 13.1. The van der Waals surface area contributed by atoms with Crippen LogP contribution >= 0.6 is 23.1 Å². The Morgan fingerprint density at radius 3 is 2.77 bits per heavy atom. The van der Waals surface area contributed by atoms with Crippen LogP contribution < -0.4 is 5.56 Å². The van der Waals surface area contributed by atoms with E-state index >= 15 is 0 Å². The van der Waals surface area contributed by atoms with Gasteiger partial charge >= 0.3 is 0 Å². The monoisotopic (exact) mass is 332 g/mol. The fourth-order valence-corrected chi connectivity index (χ4v) is 4.91. The van der Waals surface area contributed by atoms with Gasteiger partial charge in [-0.1, -0.05) is 36.1 Å². The molecule has 2 aromatic heterocycles. The van der Waals surface area contributed by atoms with Gasteiger partial charge in [-0.2, -0.15) is 0 Å². The van der Waals surface area contributed by atoms with Gasteiger partial charge < -0.3 is 0 Å². The summed E-state index contributed by atoms with van der Waals surface area (Å²) in [4.78, 5) is 20.0.